The molecule has 1 aromatic carbocycles. The van der Waals surface area contributed by atoms with E-state index in [-0.39, 0.29) is 35.8 Å². The molecule has 0 aliphatic carbocycles. The summed E-state index contributed by atoms with van der Waals surface area (Å²) in [5.74, 6) is -3.34. The fourth-order valence-corrected chi connectivity index (χ4v) is 3.32. The summed E-state index contributed by atoms with van der Waals surface area (Å²) in [7, 11) is 0. The van der Waals surface area contributed by atoms with Gasteiger partial charge in [-0.3, -0.25) is 14.9 Å². The van der Waals surface area contributed by atoms with Gasteiger partial charge in [0.15, 0.2) is 11.5 Å². The highest BCUT2D eigenvalue weighted by molar-refractivity contribution is 5.81. The lowest BCUT2D eigenvalue weighted by atomic mass is 9.98. The average Bonchev–Trinajstić information content (AvgIpc) is 2.88. The summed E-state index contributed by atoms with van der Waals surface area (Å²) >= 11 is 0. The van der Waals surface area contributed by atoms with Crippen LogP contribution >= 0.6 is 0 Å². The lowest BCUT2D eigenvalue weighted by Crippen LogP contribution is -2.60. The molecule has 0 saturated carbocycles. The Bertz CT molecular complexity index is 1070. The zero-order valence-electron chi connectivity index (χ0n) is 26.5. The number of carboxylic acids is 1. The van der Waals surface area contributed by atoms with Gasteiger partial charge < -0.3 is 24.1 Å². The molecule has 0 aliphatic rings. The standard InChI is InChI=1S/C31H49NO9/c1-12-20(7)32-31(28(35)36,41-29(37)40-30(10,11)13-2)17-23-14-15-24(38-26(33)21(8)18(3)4)25(16-23)39-27(34)22(9)19(5)6/h14-16,18-22,32H,12-13,17H2,1-11H3,(H,35,36)/t20?,21?,22?,31-/m0/s1. The first-order chi connectivity index (χ1) is 18.9. The maximum absolute atomic E-state index is 12.9. The Balaban J connectivity index is 3.58. The summed E-state index contributed by atoms with van der Waals surface area (Å²) in [6.45, 7) is 19.9. The van der Waals surface area contributed by atoms with Crippen LogP contribution in [0.2, 0.25) is 0 Å². The van der Waals surface area contributed by atoms with E-state index in [9.17, 15) is 24.3 Å². The number of esters is 2. The second-order valence-corrected chi connectivity index (χ2v) is 12.0. The summed E-state index contributed by atoms with van der Waals surface area (Å²) in [5, 5.41) is 13.2. The lowest BCUT2D eigenvalue weighted by Gasteiger charge is -2.34. The predicted octanol–water partition coefficient (Wildman–Crippen LogP) is 6.13. The maximum atomic E-state index is 12.9. The van der Waals surface area contributed by atoms with Gasteiger partial charge in [0.25, 0.3) is 5.72 Å². The Morgan fingerprint density at radius 2 is 1.34 bits per heavy atom. The summed E-state index contributed by atoms with van der Waals surface area (Å²) in [4.78, 5) is 51.0. The second kappa shape index (κ2) is 15.2. The van der Waals surface area contributed by atoms with Crippen LogP contribution in [0.5, 0.6) is 11.5 Å². The largest absolute Gasteiger partial charge is 0.511 e. The van der Waals surface area contributed by atoms with Crippen LogP contribution in [0.3, 0.4) is 0 Å². The second-order valence-electron chi connectivity index (χ2n) is 12.0. The maximum Gasteiger partial charge on any atom is 0.511 e. The van der Waals surface area contributed by atoms with Crippen molar-refractivity contribution in [3.63, 3.8) is 0 Å². The summed E-state index contributed by atoms with van der Waals surface area (Å²) in [6, 6.07) is 4.05. The van der Waals surface area contributed by atoms with Gasteiger partial charge in [-0.1, -0.05) is 61.5 Å². The first-order valence-electron chi connectivity index (χ1n) is 14.4. The van der Waals surface area contributed by atoms with Crippen molar-refractivity contribution in [1.82, 2.24) is 5.32 Å². The summed E-state index contributed by atoms with van der Waals surface area (Å²) in [6.07, 6.45) is -0.442. The monoisotopic (exact) mass is 579 g/mol. The van der Waals surface area contributed by atoms with Crippen molar-refractivity contribution in [2.75, 3.05) is 0 Å². The minimum atomic E-state index is -2.20. The number of carbonyl (C=O) groups is 4. The topological polar surface area (TPSA) is 137 Å². The van der Waals surface area contributed by atoms with Crippen molar-refractivity contribution in [2.24, 2.45) is 23.7 Å². The van der Waals surface area contributed by atoms with Crippen LogP contribution in [0.1, 0.15) is 94.6 Å². The van der Waals surface area contributed by atoms with Crippen LogP contribution in [0.15, 0.2) is 18.2 Å². The zero-order valence-corrected chi connectivity index (χ0v) is 26.5. The SMILES string of the molecule is CCC(C)N[C@@](Cc1ccc(OC(=O)C(C)C(C)C)c(OC(=O)C(C)C(C)C)c1)(OC(=O)OC(C)(C)CC)C(=O)O. The Morgan fingerprint density at radius 1 is 0.829 bits per heavy atom. The minimum absolute atomic E-state index is 0.0104. The molecule has 3 unspecified atom stereocenters. The molecule has 0 amide bonds. The van der Waals surface area contributed by atoms with Crippen LogP contribution in [0.4, 0.5) is 4.79 Å². The third-order valence-corrected chi connectivity index (χ3v) is 7.53. The van der Waals surface area contributed by atoms with E-state index in [1.54, 1.807) is 34.6 Å². The Hall–Kier alpha value is -3.14. The van der Waals surface area contributed by atoms with E-state index in [1.807, 2.05) is 41.5 Å². The molecule has 10 nitrogen and oxygen atoms in total. The fraction of sp³-hybridized carbons (Fsp3) is 0.677. The molecule has 232 valence electrons. The number of aliphatic carboxylic acids is 1. The number of ether oxygens (including phenoxy) is 4. The Labute approximate surface area is 244 Å². The van der Waals surface area contributed by atoms with Gasteiger partial charge in [0.05, 0.1) is 11.8 Å². The number of hydrogen-bond acceptors (Lipinski definition) is 9. The molecule has 1 aromatic rings. The van der Waals surface area contributed by atoms with Crippen molar-refractivity contribution in [3.8, 4) is 11.5 Å². The molecular weight excluding hydrogens is 530 g/mol. The van der Waals surface area contributed by atoms with Gasteiger partial charge in [0.1, 0.15) is 5.60 Å². The Kier molecular flexibility index (Phi) is 13.3. The number of carboxylic acid groups (broad SMARTS) is 1. The van der Waals surface area contributed by atoms with Crippen LogP contribution in [-0.4, -0.2) is 46.5 Å². The highest BCUT2D eigenvalue weighted by atomic mass is 16.8. The number of benzene rings is 1. The number of hydrogen-bond donors (Lipinski definition) is 2. The smallest absolute Gasteiger partial charge is 0.477 e. The first kappa shape index (κ1) is 35.9. The molecule has 0 saturated heterocycles. The van der Waals surface area contributed by atoms with Crippen molar-refractivity contribution < 1.29 is 43.2 Å². The molecule has 41 heavy (non-hydrogen) atoms. The van der Waals surface area contributed by atoms with Gasteiger partial charge in [0, 0.05) is 12.5 Å². The third-order valence-electron chi connectivity index (χ3n) is 7.53. The minimum Gasteiger partial charge on any atom is -0.477 e. The normalized spacial score (nSPS) is 15.4. The number of rotatable bonds is 15. The molecule has 0 spiro atoms. The molecule has 0 fully saturated rings. The van der Waals surface area contributed by atoms with E-state index < -0.39 is 47.2 Å². The predicted molar refractivity (Wildman–Crippen MR) is 155 cm³/mol. The lowest BCUT2D eigenvalue weighted by molar-refractivity contribution is -0.169. The molecule has 0 heterocycles. The zero-order chi connectivity index (χ0) is 31.7. The van der Waals surface area contributed by atoms with E-state index >= 15 is 0 Å². The number of carbonyl (C=O) groups excluding carboxylic acids is 3. The molecule has 2 N–H and O–H groups in total. The number of nitrogens with one attached hydrogen (secondary N) is 1. The van der Waals surface area contributed by atoms with Gasteiger partial charge in [-0.2, -0.15) is 0 Å². The Morgan fingerprint density at radius 3 is 1.78 bits per heavy atom. The molecular formula is C31H49NO9. The highest BCUT2D eigenvalue weighted by Crippen LogP contribution is 2.33. The van der Waals surface area contributed by atoms with E-state index in [0.29, 0.717) is 18.4 Å². The quantitative estimate of drug-likeness (QED) is 0.142. The van der Waals surface area contributed by atoms with Crippen LogP contribution in [0.25, 0.3) is 0 Å². The van der Waals surface area contributed by atoms with Gasteiger partial charge >= 0.3 is 24.1 Å². The molecule has 0 bridgehead atoms. The van der Waals surface area contributed by atoms with E-state index in [0.717, 1.165) is 0 Å². The molecule has 10 heteroatoms. The van der Waals surface area contributed by atoms with Gasteiger partial charge in [-0.05, 0) is 63.1 Å². The van der Waals surface area contributed by atoms with Gasteiger partial charge in [-0.15, -0.1) is 0 Å². The van der Waals surface area contributed by atoms with Gasteiger partial charge in [0.2, 0.25) is 0 Å². The fourth-order valence-electron chi connectivity index (χ4n) is 3.32. The van der Waals surface area contributed by atoms with E-state index in [1.165, 1.54) is 18.2 Å². The van der Waals surface area contributed by atoms with Gasteiger partial charge in [-0.25, -0.2) is 9.59 Å². The van der Waals surface area contributed by atoms with Crippen LogP contribution in [-0.2, 0) is 30.3 Å². The highest BCUT2D eigenvalue weighted by Gasteiger charge is 2.45. The molecule has 0 aliphatic heterocycles. The summed E-state index contributed by atoms with van der Waals surface area (Å²) in [5.41, 5.74) is -2.72. The van der Waals surface area contributed by atoms with Crippen LogP contribution in [0, 0.1) is 23.7 Å². The van der Waals surface area contributed by atoms with Crippen molar-refractivity contribution >= 4 is 24.1 Å². The van der Waals surface area contributed by atoms with E-state index in [4.69, 9.17) is 18.9 Å². The molecule has 0 aromatic heterocycles. The third kappa shape index (κ3) is 10.6. The van der Waals surface area contributed by atoms with E-state index in [2.05, 4.69) is 5.32 Å². The molecule has 1 rings (SSSR count). The first-order valence-corrected chi connectivity index (χ1v) is 14.4. The summed E-state index contributed by atoms with van der Waals surface area (Å²) < 4.78 is 22.2. The van der Waals surface area contributed by atoms with Crippen molar-refractivity contribution in [2.45, 2.75) is 113 Å². The van der Waals surface area contributed by atoms with Crippen LogP contribution < -0.4 is 14.8 Å². The average molecular weight is 580 g/mol. The van der Waals surface area contributed by atoms with Crippen molar-refractivity contribution in [3.05, 3.63) is 23.8 Å². The molecule has 4 atom stereocenters. The molecule has 0 radical (unpaired) electrons. The van der Waals surface area contributed by atoms with Crippen molar-refractivity contribution in [1.29, 1.82) is 0 Å².